The monoisotopic (exact) mass is 461 g/mol. The van der Waals surface area contributed by atoms with E-state index in [2.05, 4.69) is 19.9 Å². The van der Waals surface area contributed by atoms with Gasteiger partial charge in [0.1, 0.15) is 10.4 Å². The molecule has 166 valence electrons. The average molecular weight is 462 g/mol. The molecule has 4 heterocycles. The van der Waals surface area contributed by atoms with Crippen molar-refractivity contribution in [1.29, 1.82) is 0 Å². The molecule has 0 amide bonds. The van der Waals surface area contributed by atoms with Crippen LogP contribution in [0.1, 0.15) is 0 Å². The van der Waals surface area contributed by atoms with Crippen molar-refractivity contribution in [3.8, 4) is 22.8 Å². The Bertz CT molecular complexity index is 1550. The minimum absolute atomic E-state index is 0.155. The van der Waals surface area contributed by atoms with Gasteiger partial charge in [0.15, 0.2) is 11.4 Å². The average Bonchev–Trinajstić information content (AvgIpc) is 3.48. The Morgan fingerprint density at radius 2 is 1.76 bits per heavy atom. The summed E-state index contributed by atoms with van der Waals surface area (Å²) in [5, 5.41) is 0. The minimum Gasteiger partial charge on any atom is -0.434 e. The number of oxazole rings is 1. The van der Waals surface area contributed by atoms with Gasteiger partial charge in [-0.3, -0.25) is 4.98 Å². The van der Waals surface area contributed by atoms with Gasteiger partial charge in [-0.2, -0.15) is 4.31 Å². The van der Waals surface area contributed by atoms with Crippen LogP contribution < -0.4 is 0 Å². The summed E-state index contributed by atoms with van der Waals surface area (Å²) in [5.74, 6) is 0.939. The van der Waals surface area contributed by atoms with E-state index in [-0.39, 0.29) is 4.90 Å². The summed E-state index contributed by atoms with van der Waals surface area (Å²) < 4.78 is 38.7. The van der Waals surface area contributed by atoms with E-state index in [1.165, 1.54) is 10.5 Å². The molecule has 0 saturated carbocycles. The van der Waals surface area contributed by atoms with Crippen LogP contribution in [0.3, 0.4) is 0 Å². The molecule has 33 heavy (non-hydrogen) atoms. The van der Waals surface area contributed by atoms with Crippen molar-refractivity contribution in [2.45, 2.75) is 4.90 Å². The maximum atomic E-state index is 13.0. The Morgan fingerprint density at radius 1 is 0.909 bits per heavy atom. The summed E-state index contributed by atoms with van der Waals surface area (Å²) in [6.07, 6.45) is 3.01. The molecule has 3 aromatic heterocycles. The van der Waals surface area contributed by atoms with E-state index >= 15 is 0 Å². The zero-order valence-corrected chi connectivity index (χ0v) is 18.2. The number of aromatic nitrogens is 4. The number of para-hydroxylation sites is 2. The highest BCUT2D eigenvalue weighted by Gasteiger charge is 2.27. The number of morpholine rings is 1. The maximum Gasteiger partial charge on any atom is 0.264 e. The lowest BCUT2D eigenvalue weighted by Gasteiger charge is -2.26. The van der Waals surface area contributed by atoms with E-state index in [1.54, 1.807) is 12.3 Å². The number of pyridine rings is 1. The zero-order chi connectivity index (χ0) is 22.4. The number of ether oxygens (including phenoxy) is 1. The fourth-order valence-corrected chi connectivity index (χ4v) is 5.31. The number of sulfonamides is 1. The summed E-state index contributed by atoms with van der Waals surface area (Å²) in [6, 6.07) is 14.9. The fraction of sp³-hybridized carbons (Fsp3) is 0.174. The van der Waals surface area contributed by atoms with Gasteiger partial charge in [-0.15, -0.1) is 0 Å². The summed E-state index contributed by atoms with van der Waals surface area (Å²) in [4.78, 5) is 16.6. The van der Waals surface area contributed by atoms with Gasteiger partial charge in [-0.05, 0) is 35.9 Å². The number of fused-ring (bicyclic) bond motifs is 2. The first-order chi connectivity index (χ1) is 16.1. The number of hydrogen-bond donors (Lipinski definition) is 1. The molecular weight excluding hydrogens is 442 g/mol. The first-order valence-corrected chi connectivity index (χ1v) is 11.9. The Balaban J connectivity index is 1.35. The molecule has 0 aliphatic carbocycles. The summed E-state index contributed by atoms with van der Waals surface area (Å²) in [5.41, 5.74) is 4.44. The number of imidazole rings is 1. The van der Waals surface area contributed by atoms with Crippen molar-refractivity contribution in [1.82, 2.24) is 24.2 Å². The standard InChI is InChI=1S/C23H19N5O4S/c29-33(30,28-7-9-31-10-8-28)17-11-16(13-24-14-17)15-5-6-20-21(12-15)32-23(27-20)22-25-18-3-1-2-4-19(18)26-22/h1-6,11-14H,7-10H2,(H,25,26). The highest BCUT2D eigenvalue weighted by Crippen LogP contribution is 2.29. The molecule has 1 N–H and O–H groups in total. The Hall–Kier alpha value is -3.60. The molecule has 10 heteroatoms. The lowest BCUT2D eigenvalue weighted by molar-refractivity contribution is 0.0730. The molecular formula is C23H19N5O4S. The number of nitrogens with zero attached hydrogens (tertiary/aromatic N) is 4. The molecule has 1 saturated heterocycles. The Kier molecular flexibility index (Phi) is 4.72. The number of rotatable bonds is 4. The molecule has 1 fully saturated rings. The van der Waals surface area contributed by atoms with E-state index in [4.69, 9.17) is 9.15 Å². The minimum atomic E-state index is -3.64. The topological polar surface area (TPSA) is 114 Å². The van der Waals surface area contributed by atoms with E-state index in [1.807, 2.05) is 42.5 Å². The first kappa shape index (κ1) is 20.0. The molecule has 9 nitrogen and oxygen atoms in total. The molecule has 0 bridgehead atoms. The number of benzene rings is 2. The second-order valence-corrected chi connectivity index (χ2v) is 9.67. The number of hydrogen-bond acceptors (Lipinski definition) is 7. The third-order valence-electron chi connectivity index (χ3n) is 5.63. The van der Waals surface area contributed by atoms with Crippen LogP contribution in [-0.2, 0) is 14.8 Å². The lowest BCUT2D eigenvalue weighted by atomic mass is 10.1. The van der Waals surface area contributed by atoms with Gasteiger partial charge in [0.25, 0.3) is 5.89 Å². The number of nitrogens with one attached hydrogen (secondary N) is 1. The van der Waals surface area contributed by atoms with Crippen LogP contribution >= 0.6 is 0 Å². The number of H-pyrrole nitrogens is 1. The van der Waals surface area contributed by atoms with Crippen LogP contribution in [0.2, 0.25) is 0 Å². The number of aromatic amines is 1. The molecule has 0 unspecified atom stereocenters. The van der Waals surface area contributed by atoms with Gasteiger partial charge < -0.3 is 14.1 Å². The molecule has 0 atom stereocenters. The largest absolute Gasteiger partial charge is 0.434 e. The molecule has 6 rings (SSSR count). The van der Waals surface area contributed by atoms with Gasteiger partial charge in [0, 0.05) is 31.0 Å². The maximum absolute atomic E-state index is 13.0. The normalized spacial score (nSPS) is 15.4. The fourth-order valence-electron chi connectivity index (χ4n) is 3.91. The van der Waals surface area contributed by atoms with E-state index < -0.39 is 10.0 Å². The van der Waals surface area contributed by atoms with Gasteiger partial charge in [-0.25, -0.2) is 18.4 Å². The molecule has 1 aliphatic heterocycles. The van der Waals surface area contributed by atoms with Gasteiger partial charge >= 0.3 is 0 Å². The Labute approximate surface area is 189 Å². The van der Waals surface area contributed by atoms with Crippen molar-refractivity contribution in [3.05, 3.63) is 60.9 Å². The molecule has 2 aromatic carbocycles. The van der Waals surface area contributed by atoms with E-state index in [0.717, 1.165) is 16.6 Å². The molecule has 1 aliphatic rings. The van der Waals surface area contributed by atoms with E-state index in [0.29, 0.717) is 54.7 Å². The lowest BCUT2D eigenvalue weighted by Crippen LogP contribution is -2.40. The third-order valence-corrected chi connectivity index (χ3v) is 7.50. The SMILES string of the molecule is O=S(=O)(c1cncc(-c2ccc3nc(-c4nc5ccccc5[nH]4)oc3c2)c1)N1CCOCC1. The van der Waals surface area contributed by atoms with Crippen LogP contribution in [0.25, 0.3) is 45.0 Å². The molecule has 0 radical (unpaired) electrons. The summed E-state index contributed by atoms with van der Waals surface area (Å²) in [7, 11) is -3.64. The highest BCUT2D eigenvalue weighted by atomic mass is 32.2. The van der Waals surface area contributed by atoms with Crippen molar-refractivity contribution in [2.75, 3.05) is 26.3 Å². The quantitative estimate of drug-likeness (QED) is 0.436. The third kappa shape index (κ3) is 3.58. The zero-order valence-electron chi connectivity index (χ0n) is 17.4. The molecule has 5 aromatic rings. The van der Waals surface area contributed by atoms with Crippen molar-refractivity contribution >= 4 is 32.2 Å². The molecule has 0 spiro atoms. The van der Waals surface area contributed by atoms with Crippen molar-refractivity contribution < 1.29 is 17.6 Å². The van der Waals surface area contributed by atoms with Gasteiger partial charge in [0.05, 0.1) is 24.2 Å². The van der Waals surface area contributed by atoms with Crippen LogP contribution in [-0.4, -0.2) is 59.0 Å². The van der Waals surface area contributed by atoms with Crippen LogP contribution in [0, 0.1) is 0 Å². The Morgan fingerprint density at radius 3 is 2.61 bits per heavy atom. The summed E-state index contributed by atoms with van der Waals surface area (Å²) >= 11 is 0. The van der Waals surface area contributed by atoms with Crippen molar-refractivity contribution in [3.63, 3.8) is 0 Å². The van der Waals surface area contributed by atoms with E-state index in [9.17, 15) is 8.42 Å². The highest BCUT2D eigenvalue weighted by molar-refractivity contribution is 7.89. The van der Waals surface area contributed by atoms with Crippen LogP contribution in [0.5, 0.6) is 0 Å². The van der Waals surface area contributed by atoms with Gasteiger partial charge in [-0.1, -0.05) is 18.2 Å². The summed E-state index contributed by atoms with van der Waals surface area (Å²) in [6.45, 7) is 1.45. The second kappa shape index (κ2) is 7.77. The van der Waals surface area contributed by atoms with Crippen LogP contribution in [0.4, 0.5) is 0 Å². The van der Waals surface area contributed by atoms with Gasteiger partial charge in [0.2, 0.25) is 10.0 Å². The van der Waals surface area contributed by atoms with Crippen LogP contribution in [0.15, 0.2) is 70.2 Å². The predicted octanol–water partition coefficient (Wildman–Crippen LogP) is 3.45. The first-order valence-electron chi connectivity index (χ1n) is 10.5. The second-order valence-electron chi connectivity index (χ2n) is 7.73. The predicted molar refractivity (Wildman–Crippen MR) is 122 cm³/mol. The smallest absolute Gasteiger partial charge is 0.264 e. The van der Waals surface area contributed by atoms with Crippen molar-refractivity contribution in [2.24, 2.45) is 0 Å².